The fraction of sp³-hybridized carbons (Fsp3) is 0.643. The normalized spacial score (nSPS) is 22.0. The Bertz CT molecular complexity index is 408. The van der Waals surface area contributed by atoms with Gasteiger partial charge in [0.05, 0.1) is 0 Å². The van der Waals surface area contributed by atoms with Crippen LogP contribution in [0.25, 0.3) is 0 Å². The van der Waals surface area contributed by atoms with Crippen molar-refractivity contribution in [2.24, 2.45) is 11.8 Å². The van der Waals surface area contributed by atoms with E-state index in [1.165, 1.54) is 6.42 Å². The van der Waals surface area contributed by atoms with E-state index in [4.69, 9.17) is 0 Å². The number of aromatic nitrogens is 1. The quantitative estimate of drug-likeness (QED) is 0.841. The van der Waals surface area contributed by atoms with Crippen LogP contribution in [0.15, 0.2) is 12.3 Å². The molecule has 1 heterocycles. The minimum absolute atomic E-state index is 0.186. The second-order valence-corrected chi connectivity index (χ2v) is 5.24. The van der Waals surface area contributed by atoms with Crippen molar-refractivity contribution in [2.45, 2.75) is 26.8 Å². The van der Waals surface area contributed by atoms with Crippen LogP contribution in [0.1, 0.15) is 25.8 Å². The minimum Gasteiger partial charge on any atom is -0.357 e. The van der Waals surface area contributed by atoms with Crippen LogP contribution >= 0.6 is 0 Å². The molecule has 1 N–H and O–H groups in total. The van der Waals surface area contributed by atoms with Gasteiger partial charge in [0, 0.05) is 31.9 Å². The molecule has 18 heavy (non-hydrogen) atoms. The Hall–Kier alpha value is -1.16. The van der Waals surface area contributed by atoms with Crippen molar-refractivity contribution >= 4 is 5.82 Å². The van der Waals surface area contributed by atoms with E-state index < -0.39 is 0 Å². The zero-order valence-corrected chi connectivity index (χ0v) is 11.4. The number of nitrogens with zero attached hydrogens (tertiary/aromatic N) is 2. The topological polar surface area (TPSA) is 28.2 Å². The number of rotatable bonds is 6. The van der Waals surface area contributed by atoms with Crippen molar-refractivity contribution in [3.8, 4) is 0 Å². The van der Waals surface area contributed by atoms with Gasteiger partial charge in [-0.15, -0.1) is 0 Å². The summed E-state index contributed by atoms with van der Waals surface area (Å²) in [4.78, 5) is 6.12. The van der Waals surface area contributed by atoms with E-state index in [1.54, 1.807) is 12.3 Å². The molecule has 3 nitrogen and oxygen atoms in total. The highest BCUT2D eigenvalue weighted by Gasteiger charge is 2.33. The maximum atomic E-state index is 14.3. The summed E-state index contributed by atoms with van der Waals surface area (Å²) in [6.07, 6.45) is 2.95. The van der Waals surface area contributed by atoms with Gasteiger partial charge >= 0.3 is 0 Å². The van der Waals surface area contributed by atoms with E-state index in [0.717, 1.165) is 19.0 Å². The molecule has 1 aliphatic rings. The zero-order chi connectivity index (χ0) is 13.1. The highest BCUT2D eigenvalue weighted by molar-refractivity contribution is 5.42. The number of hydrogen-bond donors (Lipinski definition) is 1. The largest absolute Gasteiger partial charge is 0.357 e. The first-order valence-electron chi connectivity index (χ1n) is 6.68. The monoisotopic (exact) mass is 251 g/mol. The van der Waals surface area contributed by atoms with Crippen molar-refractivity contribution < 1.29 is 4.39 Å². The molecule has 0 spiro atoms. The van der Waals surface area contributed by atoms with Gasteiger partial charge in [0.15, 0.2) is 11.6 Å². The first-order valence-corrected chi connectivity index (χ1v) is 6.68. The Morgan fingerprint density at radius 1 is 1.56 bits per heavy atom. The average Bonchev–Trinajstić information content (AvgIpc) is 3.03. The maximum Gasteiger partial charge on any atom is 0.170 e. The van der Waals surface area contributed by atoms with Gasteiger partial charge in [-0.3, -0.25) is 0 Å². The van der Waals surface area contributed by atoms with Crippen LogP contribution in [-0.4, -0.2) is 25.1 Å². The minimum atomic E-state index is -0.186. The van der Waals surface area contributed by atoms with Crippen molar-refractivity contribution in [3.63, 3.8) is 0 Å². The summed E-state index contributed by atoms with van der Waals surface area (Å²) in [5, 5.41) is 3.15. The molecule has 0 aromatic carbocycles. The lowest BCUT2D eigenvalue weighted by molar-refractivity contribution is 0.579. The van der Waals surface area contributed by atoms with Crippen LogP contribution in [0, 0.1) is 17.7 Å². The molecule has 0 aliphatic heterocycles. The third kappa shape index (κ3) is 2.99. The van der Waals surface area contributed by atoms with Gasteiger partial charge in [-0.25, -0.2) is 9.37 Å². The molecule has 1 aromatic rings. The number of nitrogens with one attached hydrogen (secondary N) is 1. The molecule has 2 rings (SSSR count). The Labute approximate surface area is 108 Å². The summed E-state index contributed by atoms with van der Waals surface area (Å²) in [7, 11) is 1.92. The SMILES string of the molecule is CCNCc1ccnc(N(C)CC2CC2C)c1F. The molecule has 0 radical (unpaired) electrons. The molecule has 0 bridgehead atoms. The van der Waals surface area contributed by atoms with Crippen LogP contribution in [0.2, 0.25) is 0 Å². The third-order valence-corrected chi connectivity index (χ3v) is 3.66. The molecule has 100 valence electrons. The predicted octanol–water partition coefficient (Wildman–Crippen LogP) is 2.42. The van der Waals surface area contributed by atoms with Crippen molar-refractivity contribution in [3.05, 3.63) is 23.6 Å². The van der Waals surface area contributed by atoms with Crippen LogP contribution < -0.4 is 10.2 Å². The van der Waals surface area contributed by atoms with Crippen molar-refractivity contribution in [2.75, 3.05) is 25.0 Å². The number of anilines is 1. The summed E-state index contributed by atoms with van der Waals surface area (Å²) in [6, 6.07) is 1.75. The van der Waals surface area contributed by atoms with Gasteiger partial charge in [-0.1, -0.05) is 13.8 Å². The fourth-order valence-electron chi connectivity index (χ4n) is 2.23. The maximum absolute atomic E-state index is 14.3. The summed E-state index contributed by atoms with van der Waals surface area (Å²) >= 11 is 0. The van der Waals surface area contributed by atoms with E-state index in [-0.39, 0.29) is 5.82 Å². The zero-order valence-electron chi connectivity index (χ0n) is 11.4. The molecule has 1 aromatic heterocycles. The van der Waals surface area contributed by atoms with E-state index in [9.17, 15) is 4.39 Å². The second kappa shape index (κ2) is 5.65. The summed E-state index contributed by atoms with van der Waals surface area (Å²) in [6.45, 7) is 6.55. The van der Waals surface area contributed by atoms with Crippen LogP contribution in [-0.2, 0) is 6.54 Å². The fourth-order valence-corrected chi connectivity index (χ4v) is 2.23. The standard InChI is InChI=1S/C14H22FN3/c1-4-16-8-11-5-6-17-14(13(11)15)18(3)9-12-7-10(12)2/h5-6,10,12,16H,4,7-9H2,1-3H3. The van der Waals surface area contributed by atoms with Crippen LogP contribution in [0.5, 0.6) is 0 Å². The smallest absolute Gasteiger partial charge is 0.170 e. The Balaban J connectivity index is 2.06. The molecule has 1 aliphatic carbocycles. The lowest BCUT2D eigenvalue weighted by atomic mass is 10.2. The average molecular weight is 251 g/mol. The van der Waals surface area contributed by atoms with Crippen molar-refractivity contribution in [1.29, 1.82) is 0 Å². The van der Waals surface area contributed by atoms with Crippen LogP contribution in [0.4, 0.5) is 10.2 Å². The van der Waals surface area contributed by atoms with Crippen molar-refractivity contribution in [1.82, 2.24) is 10.3 Å². The number of pyridine rings is 1. The lowest BCUT2D eigenvalue weighted by Gasteiger charge is -2.19. The number of hydrogen-bond acceptors (Lipinski definition) is 3. The second-order valence-electron chi connectivity index (χ2n) is 5.24. The Morgan fingerprint density at radius 3 is 2.89 bits per heavy atom. The first-order chi connectivity index (χ1) is 8.63. The Morgan fingerprint density at radius 2 is 2.28 bits per heavy atom. The summed E-state index contributed by atoms with van der Waals surface area (Å²) in [5.41, 5.74) is 0.692. The summed E-state index contributed by atoms with van der Waals surface area (Å²) < 4.78 is 14.3. The molecular weight excluding hydrogens is 229 g/mol. The molecule has 2 unspecified atom stereocenters. The lowest BCUT2D eigenvalue weighted by Crippen LogP contribution is -2.24. The molecule has 1 saturated carbocycles. The van der Waals surface area contributed by atoms with Gasteiger partial charge in [0.1, 0.15) is 0 Å². The Kier molecular flexibility index (Phi) is 4.17. The highest BCUT2D eigenvalue weighted by atomic mass is 19.1. The molecule has 0 amide bonds. The molecule has 2 atom stereocenters. The molecular formula is C14H22FN3. The van der Waals surface area contributed by atoms with E-state index in [1.807, 2.05) is 18.9 Å². The number of halogens is 1. The van der Waals surface area contributed by atoms with Gasteiger partial charge in [0.25, 0.3) is 0 Å². The molecule has 0 saturated heterocycles. The van der Waals surface area contributed by atoms with E-state index in [2.05, 4.69) is 17.2 Å². The van der Waals surface area contributed by atoms with Crippen LogP contribution in [0.3, 0.4) is 0 Å². The van der Waals surface area contributed by atoms with Gasteiger partial charge in [-0.2, -0.15) is 0 Å². The van der Waals surface area contributed by atoms with Gasteiger partial charge in [-0.05, 0) is 30.9 Å². The van der Waals surface area contributed by atoms with Gasteiger partial charge < -0.3 is 10.2 Å². The van der Waals surface area contributed by atoms with Gasteiger partial charge in [0.2, 0.25) is 0 Å². The van der Waals surface area contributed by atoms with E-state index >= 15 is 0 Å². The first kappa shape index (κ1) is 13.3. The summed E-state index contributed by atoms with van der Waals surface area (Å²) in [5.74, 6) is 1.77. The molecule has 4 heteroatoms. The highest BCUT2D eigenvalue weighted by Crippen LogP contribution is 2.38. The predicted molar refractivity (Wildman–Crippen MR) is 72.1 cm³/mol. The third-order valence-electron chi connectivity index (χ3n) is 3.66. The molecule has 1 fully saturated rings. The van der Waals surface area contributed by atoms with E-state index in [0.29, 0.717) is 23.8 Å².